The van der Waals surface area contributed by atoms with Gasteiger partial charge in [0, 0.05) is 30.8 Å². The van der Waals surface area contributed by atoms with Crippen molar-refractivity contribution in [2.75, 3.05) is 27.3 Å². The highest BCUT2D eigenvalue weighted by molar-refractivity contribution is 5.91. The highest BCUT2D eigenvalue weighted by Gasteiger charge is 2.30. The molecule has 2 aromatic rings. The van der Waals surface area contributed by atoms with Crippen LogP contribution in [0.25, 0.3) is 11.3 Å². The number of ether oxygens (including phenoxy) is 3. The molecule has 7 nitrogen and oxygen atoms in total. The molecule has 0 aliphatic carbocycles. The van der Waals surface area contributed by atoms with Gasteiger partial charge < -0.3 is 19.1 Å². The maximum atomic E-state index is 12.4. The quantitative estimate of drug-likeness (QED) is 0.698. The number of rotatable bonds is 4. The van der Waals surface area contributed by atoms with Gasteiger partial charge in [0.1, 0.15) is 11.4 Å². The van der Waals surface area contributed by atoms with Crippen molar-refractivity contribution in [1.29, 1.82) is 0 Å². The minimum Gasteiger partial charge on any atom is -0.497 e. The predicted octanol–water partition coefficient (Wildman–Crippen LogP) is 4.27. The molecule has 0 saturated carbocycles. The molecule has 1 saturated heterocycles. The number of nitrogens with zero attached hydrogens (tertiary/aromatic N) is 2. The number of amides is 1. The van der Waals surface area contributed by atoms with Crippen LogP contribution in [0.5, 0.6) is 5.75 Å². The zero-order valence-electron chi connectivity index (χ0n) is 18.1. The van der Waals surface area contributed by atoms with Crippen LogP contribution in [0.2, 0.25) is 0 Å². The molecule has 0 N–H and O–H groups in total. The second-order valence-electron chi connectivity index (χ2n) is 8.33. The van der Waals surface area contributed by atoms with Crippen LogP contribution in [0.1, 0.15) is 49.0 Å². The third-order valence-corrected chi connectivity index (χ3v) is 4.95. The largest absolute Gasteiger partial charge is 0.497 e. The van der Waals surface area contributed by atoms with Gasteiger partial charge in [-0.25, -0.2) is 9.59 Å². The average molecular weight is 412 g/mol. The van der Waals surface area contributed by atoms with Crippen LogP contribution in [0.3, 0.4) is 0 Å². The first-order valence-electron chi connectivity index (χ1n) is 9.92. The summed E-state index contributed by atoms with van der Waals surface area (Å²) >= 11 is 0. The van der Waals surface area contributed by atoms with Crippen molar-refractivity contribution in [2.45, 2.75) is 38.7 Å². The minimum absolute atomic E-state index is 0.199. The number of carbonyl (C=O) groups excluding carboxylic acids is 2. The van der Waals surface area contributed by atoms with Crippen LogP contribution in [-0.4, -0.2) is 54.9 Å². The molecule has 1 aliphatic heterocycles. The van der Waals surface area contributed by atoms with Gasteiger partial charge in [-0.2, -0.15) is 0 Å². The molecule has 1 aromatic heterocycles. The van der Waals surface area contributed by atoms with Gasteiger partial charge in [-0.1, -0.05) is 0 Å². The smallest absolute Gasteiger partial charge is 0.410 e. The van der Waals surface area contributed by atoms with E-state index in [0.717, 1.165) is 23.2 Å². The molecule has 1 atom stereocenters. The highest BCUT2D eigenvalue weighted by atomic mass is 16.6. The number of methoxy groups -OCH3 is 2. The average Bonchev–Trinajstić information content (AvgIpc) is 3.22. The molecule has 7 heteroatoms. The molecule has 0 spiro atoms. The van der Waals surface area contributed by atoms with Crippen molar-refractivity contribution in [3.05, 3.63) is 47.7 Å². The number of carbonyl (C=O) groups is 2. The van der Waals surface area contributed by atoms with Gasteiger partial charge in [0.2, 0.25) is 0 Å². The molecule has 1 unspecified atom stereocenters. The molecular weight excluding hydrogens is 384 g/mol. The first-order chi connectivity index (χ1) is 14.2. The monoisotopic (exact) mass is 412 g/mol. The summed E-state index contributed by atoms with van der Waals surface area (Å²) in [7, 11) is 2.89. The summed E-state index contributed by atoms with van der Waals surface area (Å²) in [6.07, 6.45) is 2.32. The van der Waals surface area contributed by atoms with E-state index in [4.69, 9.17) is 14.2 Å². The Hall–Kier alpha value is -3.09. The molecule has 30 heavy (non-hydrogen) atoms. The lowest BCUT2D eigenvalue weighted by atomic mass is 9.97. The van der Waals surface area contributed by atoms with Gasteiger partial charge in [-0.3, -0.25) is 4.98 Å². The summed E-state index contributed by atoms with van der Waals surface area (Å²) < 4.78 is 15.7. The Morgan fingerprint density at radius 3 is 2.57 bits per heavy atom. The summed E-state index contributed by atoms with van der Waals surface area (Å²) in [6, 6.07) is 9.17. The molecule has 160 valence electrons. The number of benzene rings is 1. The van der Waals surface area contributed by atoms with Gasteiger partial charge in [0.05, 0.1) is 25.5 Å². The molecule has 0 bridgehead atoms. The maximum absolute atomic E-state index is 12.4. The van der Waals surface area contributed by atoms with E-state index in [0.29, 0.717) is 24.4 Å². The fourth-order valence-corrected chi connectivity index (χ4v) is 3.48. The van der Waals surface area contributed by atoms with E-state index >= 15 is 0 Å². The Balaban J connectivity index is 1.82. The molecule has 2 heterocycles. The third-order valence-electron chi connectivity index (χ3n) is 4.95. The van der Waals surface area contributed by atoms with Crippen molar-refractivity contribution in [3.8, 4) is 17.0 Å². The lowest BCUT2D eigenvalue weighted by Crippen LogP contribution is -2.35. The number of hydrogen-bond acceptors (Lipinski definition) is 6. The fraction of sp³-hybridized carbons (Fsp3) is 0.435. The molecule has 1 aromatic carbocycles. The number of hydrogen-bond donors (Lipinski definition) is 0. The first kappa shape index (κ1) is 21.6. The van der Waals surface area contributed by atoms with Crippen molar-refractivity contribution in [2.24, 2.45) is 0 Å². The number of pyridine rings is 1. The lowest BCUT2D eigenvalue weighted by Gasteiger charge is -2.24. The van der Waals surface area contributed by atoms with E-state index < -0.39 is 11.6 Å². The first-order valence-corrected chi connectivity index (χ1v) is 9.92. The summed E-state index contributed by atoms with van der Waals surface area (Å²) in [6.45, 7) is 6.85. The number of esters is 1. The van der Waals surface area contributed by atoms with Crippen LogP contribution < -0.4 is 4.74 Å². The van der Waals surface area contributed by atoms with Gasteiger partial charge in [0.25, 0.3) is 0 Å². The minimum atomic E-state index is -0.511. The van der Waals surface area contributed by atoms with Crippen molar-refractivity contribution in [3.63, 3.8) is 0 Å². The maximum Gasteiger partial charge on any atom is 0.410 e. The van der Waals surface area contributed by atoms with Crippen LogP contribution >= 0.6 is 0 Å². The second-order valence-corrected chi connectivity index (χ2v) is 8.33. The SMILES string of the molecule is COC(=O)c1cc(OC)cc(-c2cc(C3CCN(C(=O)OC(C)(C)C)C3)ccn2)c1. The Morgan fingerprint density at radius 1 is 1.13 bits per heavy atom. The highest BCUT2D eigenvalue weighted by Crippen LogP contribution is 2.31. The summed E-state index contributed by atoms with van der Waals surface area (Å²) in [5.41, 5.74) is 2.47. The predicted molar refractivity (Wildman–Crippen MR) is 113 cm³/mol. The van der Waals surface area contributed by atoms with E-state index in [1.807, 2.05) is 39.0 Å². The van der Waals surface area contributed by atoms with E-state index in [-0.39, 0.29) is 12.0 Å². The molecule has 3 rings (SSSR count). The van der Waals surface area contributed by atoms with Crippen molar-refractivity contribution >= 4 is 12.1 Å². The van der Waals surface area contributed by atoms with Gasteiger partial charge in [-0.15, -0.1) is 0 Å². The van der Waals surface area contributed by atoms with Gasteiger partial charge >= 0.3 is 12.1 Å². The third kappa shape index (κ3) is 5.09. The van der Waals surface area contributed by atoms with Gasteiger partial charge in [0.15, 0.2) is 0 Å². The lowest BCUT2D eigenvalue weighted by molar-refractivity contribution is 0.0292. The van der Waals surface area contributed by atoms with E-state index in [1.54, 1.807) is 30.3 Å². The molecule has 1 aliphatic rings. The topological polar surface area (TPSA) is 78.0 Å². The summed E-state index contributed by atoms with van der Waals surface area (Å²) in [5.74, 6) is 0.317. The standard InChI is InChI=1S/C23H28N2O5/c1-23(2,3)30-22(27)25-9-7-16(14-25)15-6-8-24-20(13-15)17-10-18(21(26)29-5)12-19(11-17)28-4/h6,8,10-13,16H,7,9,14H2,1-5H3. The Labute approximate surface area is 177 Å². The molecule has 1 amide bonds. The summed E-state index contributed by atoms with van der Waals surface area (Å²) in [4.78, 5) is 30.6. The van der Waals surface area contributed by atoms with E-state index in [1.165, 1.54) is 7.11 Å². The Bertz CT molecular complexity index is 935. The van der Waals surface area contributed by atoms with Crippen LogP contribution in [0.4, 0.5) is 4.79 Å². The zero-order chi connectivity index (χ0) is 21.9. The number of aromatic nitrogens is 1. The Morgan fingerprint density at radius 2 is 1.90 bits per heavy atom. The normalized spacial score (nSPS) is 16.3. The molecular formula is C23H28N2O5. The van der Waals surface area contributed by atoms with Crippen molar-refractivity contribution < 1.29 is 23.8 Å². The van der Waals surface area contributed by atoms with Crippen LogP contribution in [-0.2, 0) is 9.47 Å². The van der Waals surface area contributed by atoms with Crippen LogP contribution in [0.15, 0.2) is 36.5 Å². The second kappa shape index (κ2) is 8.73. The number of likely N-dealkylation sites (tertiary alicyclic amines) is 1. The molecule has 1 fully saturated rings. The van der Waals surface area contributed by atoms with E-state index in [2.05, 4.69) is 4.98 Å². The van der Waals surface area contributed by atoms with Gasteiger partial charge in [-0.05, 0) is 63.1 Å². The Kier molecular flexibility index (Phi) is 6.29. The molecule has 0 radical (unpaired) electrons. The fourth-order valence-electron chi connectivity index (χ4n) is 3.48. The zero-order valence-corrected chi connectivity index (χ0v) is 18.1. The van der Waals surface area contributed by atoms with Crippen LogP contribution in [0, 0.1) is 0 Å². The van der Waals surface area contributed by atoms with E-state index in [9.17, 15) is 9.59 Å². The van der Waals surface area contributed by atoms with Crippen molar-refractivity contribution in [1.82, 2.24) is 9.88 Å². The summed E-state index contributed by atoms with van der Waals surface area (Å²) in [5, 5.41) is 0.